The van der Waals surface area contributed by atoms with Gasteiger partial charge in [-0.2, -0.15) is 0 Å². The maximum Gasteiger partial charge on any atom is 0.179 e. The summed E-state index contributed by atoms with van der Waals surface area (Å²) in [5.74, 6) is 0.628. The predicted molar refractivity (Wildman–Crippen MR) is 81.1 cm³/mol. The highest BCUT2D eigenvalue weighted by molar-refractivity contribution is 6.01. The largest absolute Gasteiger partial charge is 0.396 e. The summed E-state index contributed by atoms with van der Waals surface area (Å²) in [7, 11) is 0. The molecule has 0 aliphatic carbocycles. The van der Waals surface area contributed by atoms with E-state index in [-0.39, 0.29) is 18.4 Å². The molecule has 1 aromatic rings. The summed E-state index contributed by atoms with van der Waals surface area (Å²) in [5.41, 5.74) is 3.03. The van der Waals surface area contributed by atoms with Gasteiger partial charge < -0.3 is 5.11 Å². The van der Waals surface area contributed by atoms with E-state index in [0.29, 0.717) is 5.92 Å². The standard InChI is InChI=1S/C17H25NO2/c1-12-4-5-13(2)16(10-12)17(20)14(3)18-8-6-15(11-19)7-9-18/h4-5,10,14-15,19H,6-9,11H2,1-3H3. The van der Waals surface area contributed by atoms with Crippen LogP contribution in [0.15, 0.2) is 18.2 Å². The van der Waals surface area contributed by atoms with Gasteiger partial charge in [-0.15, -0.1) is 0 Å². The lowest BCUT2D eigenvalue weighted by Gasteiger charge is -2.34. The van der Waals surface area contributed by atoms with Crippen LogP contribution in [0.25, 0.3) is 0 Å². The van der Waals surface area contributed by atoms with Gasteiger partial charge in [0.25, 0.3) is 0 Å². The Labute approximate surface area is 121 Å². The quantitative estimate of drug-likeness (QED) is 0.859. The van der Waals surface area contributed by atoms with Crippen molar-refractivity contribution in [1.82, 2.24) is 4.90 Å². The number of carbonyl (C=O) groups is 1. The summed E-state index contributed by atoms with van der Waals surface area (Å²) in [4.78, 5) is 14.9. The molecule has 3 nitrogen and oxygen atoms in total. The number of aryl methyl sites for hydroxylation is 2. The Balaban J connectivity index is 2.07. The van der Waals surface area contributed by atoms with E-state index in [2.05, 4.69) is 4.90 Å². The molecule has 0 spiro atoms. The number of benzene rings is 1. The zero-order valence-electron chi connectivity index (χ0n) is 12.7. The number of rotatable bonds is 4. The van der Waals surface area contributed by atoms with Gasteiger partial charge in [0.2, 0.25) is 0 Å². The maximum atomic E-state index is 12.7. The number of nitrogens with zero attached hydrogens (tertiary/aromatic N) is 1. The minimum absolute atomic E-state index is 0.0739. The number of carbonyl (C=O) groups excluding carboxylic acids is 1. The van der Waals surface area contributed by atoms with Crippen LogP contribution in [-0.4, -0.2) is 41.5 Å². The highest BCUT2D eigenvalue weighted by atomic mass is 16.3. The fourth-order valence-electron chi connectivity index (χ4n) is 2.91. The van der Waals surface area contributed by atoms with Crippen LogP contribution < -0.4 is 0 Å². The molecule has 1 atom stereocenters. The van der Waals surface area contributed by atoms with E-state index < -0.39 is 0 Å². The van der Waals surface area contributed by atoms with Gasteiger partial charge in [-0.1, -0.05) is 17.7 Å². The van der Waals surface area contributed by atoms with Gasteiger partial charge in [-0.25, -0.2) is 0 Å². The second-order valence-corrected chi connectivity index (χ2v) is 6.02. The number of hydrogen-bond donors (Lipinski definition) is 1. The Bertz CT molecular complexity index is 476. The molecule has 2 rings (SSSR count). The van der Waals surface area contributed by atoms with Crippen LogP contribution in [0.3, 0.4) is 0 Å². The molecule has 1 unspecified atom stereocenters. The molecule has 20 heavy (non-hydrogen) atoms. The van der Waals surface area contributed by atoms with Crippen molar-refractivity contribution in [3.8, 4) is 0 Å². The zero-order valence-corrected chi connectivity index (χ0v) is 12.7. The lowest BCUT2D eigenvalue weighted by molar-refractivity contribution is 0.0720. The minimum atomic E-state index is -0.0739. The second kappa shape index (κ2) is 6.51. The van der Waals surface area contributed by atoms with Gasteiger partial charge in [0, 0.05) is 12.2 Å². The number of Topliss-reactive ketones (excluding diaryl/α,β-unsaturated/α-hetero) is 1. The van der Waals surface area contributed by atoms with E-state index >= 15 is 0 Å². The molecular formula is C17H25NO2. The van der Waals surface area contributed by atoms with Crippen LogP contribution in [0.4, 0.5) is 0 Å². The van der Waals surface area contributed by atoms with Gasteiger partial charge >= 0.3 is 0 Å². The summed E-state index contributed by atoms with van der Waals surface area (Å²) in [5, 5.41) is 9.18. The Morgan fingerprint density at radius 3 is 2.60 bits per heavy atom. The number of likely N-dealkylation sites (tertiary alicyclic amines) is 1. The van der Waals surface area contributed by atoms with Gasteiger partial charge in [0.15, 0.2) is 5.78 Å². The summed E-state index contributed by atoms with van der Waals surface area (Å²) < 4.78 is 0. The topological polar surface area (TPSA) is 40.5 Å². The van der Waals surface area contributed by atoms with E-state index in [1.807, 2.05) is 39.0 Å². The van der Waals surface area contributed by atoms with Crippen LogP contribution >= 0.6 is 0 Å². The van der Waals surface area contributed by atoms with Crippen molar-refractivity contribution in [2.45, 2.75) is 39.7 Å². The van der Waals surface area contributed by atoms with Crippen LogP contribution in [0.1, 0.15) is 41.3 Å². The molecule has 0 bridgehead atoms. The van der Waals surface area contributed by atoms with E-state index in [9.17, 15) is 9.90 Å². The molecule has 1 fully saturated rings. The van der Waals surface area contributed by atoms with Crippen molar-refractivity contribution in [2.75, 3.05) is 19.7 Å². The molecule has 3 heteroatoms. The molecule has 0 amide bonds. The molecule has 0 saturated carbocycles. The van der Waals surface area contributed by atoms with E-state index in [1.165, 1.54) is 0 Å². The predicted octanol–water partition coefficient (Wildman–Crippen LogP) is 2.58. The van der Waals surface area contributed by atoms with Crippen molar-refractivity contribution < 1.29 is 9.90 Å². The third-order valence-electron chi connectivity index (χ3n) is 4.49. The first-order chi connectivity index (χ1) is 9.52. The van der Waals surface area contributed by atoms with Gasteiger partial charge in [-0.3, -0.25) is 9.69 Å². The van der Waals surface area contributed by atoms with Crippen molar-refractivity contribution >= 4 is 5.78 Å². The summed E-state index contributed by atoms with van der Waals surface area (Å²) in [6, 6.07) is 5.99. The van der Waals surface area contributed by atoms with Crippen molar-refractivity contribution in [1.29, 1.82) is 0 Å². The Hall–Kier alpha value is -1.19. The molecular weight excluding hydrogens is 250 g/mol. The monoisotopic (exact) mass is 275 g/mol. The zero-order chi connectivity index (χ0) is 14.7. The molecule has 1 aromatic carbocycles. The second-order valence-electron chi connectivity index (χ2n) is 6.02. The average Bonchev–Trinajstić information content (AvgIpc) is 2.48. The molecule has 1 saturated heterocycles. The number of aliphatic hydroxyl groups excluding tert-OH is 1. The molecule has 1 aliphatic rings. The Morgan fingerprint density at radius 1 is 1.35 bits per heavy atom. The first-order valence-corrected chi connectivity index (χ1v) is 7.49. The fraction of sp³-hybridized carbons (Fsp3) is 0.588. The first-order valence-electron chi connectivity index (χ1n) is 7.49. The lowest BCUT2D eigenvalue weighted by Crippen LogP contribution is -2.44. The van der Waals surface area contributed by atoms with E-state index in [1.54, 1.807) is 0 Å². The third kappa shape index (κ3) is 3.28. The fourth-order valence-corrected chi connectivity index (χ4v) is 2.91. The number of aliphatic hydroxyl groups is 1. The SMILES string of the molecule is Cc1ccc(C)c(C(=O)C(C)N2CCC(CO)CC2)c1. The molecule has 1 aliphatic heterocycles. The van der Waals surface area contributed by atoms with E-state index in [0.717, 1.165) is 42.6 Å². The van der Waals surface area contributed by atoms with Crippen molar-refractivity contribution in [3.05, 3.63) is 34.9 Å². The van der Waals surface area contributed by atoms with Gasteiger partial charge in [0.1, 0.15) is 0 Å². The Kier molecular flexibility index (Phi) is 4.95. The van der Waals surface area contributed by atoms with Crippen LogP contribution in [0.2, 0.25) is 0 Å². The summed E-state index contributed by atoms with van der Waals surface area (Å²) in [6.07, 6.45) is 1.97. The normalized spacial score (nSPS) is 19.0. The minimum Gasteiger partial charge on any atom is -0.396 e. The molecule has 1 N–H and O–H groups in total. The summed E-state index contributed by atoms with van der Waals surface area (Å²) in [6.45, 7) is 8.10. The maximum absolute atomic E-state index is 12.7. The van der Waals surface area contributed by atoms with Gasteiger partial charge in [0.05, 0.1) is 6.04 Å². The number of piperidine rings is 1. The van der Waals surface area contributed by atoms with Crippen molar-refractivity contribution in [2.24, 2.45) is 5.92 Å². The number of hydrogen-bond acceptors (Lipinski definition) is 3. The lowest BCUT2D eigenvalue weighted by atomic mass is 9.93. The first kappa shape index (κ1) is 15.2. The molecule has 110 valence electrons. The highest BCUT2D eigenvalue weighted by Crippen LogP contribution is 2.21. The molecule has 0 radical (unpaired) electrons. The van der Waals surface area contributed by atoms with Crippen LogP contribution in [0, 0.1) is 19.8 Å². The third-order valence-corrected chi connectivity index (χ3v) is 4.49. The molecule has 0 aromatic heterocycles. The Morgan fingerprint density at radius 2 is 2.00 bits per heavy atom. The summed E-state index contributed by atoms with van der Waals surface area (Å²) >= 11 is 0. The van der Waals surface area contributed by atoms with Crippen LogP contribution in [-0.2, 0) is 0 Å². The number of ketones is 1. The average molecular weight is 275 g/mol. The smallest absolute Gasteiger partial charge is 0.179 e. The van der Waals surface area contributed by atoms with Crippen molar-refractivity contribution in [3.63, 3.8) is 0 Å². The van der Waals surface area contributed by atoms with Gasteiger partial charge in [-0.05, 0) is 64.3 Å². The highest BCUT2D eigenvalue weighted by Gasteiger charge is 2.27. The molecule has 1 heterocycles. The van der Waals surface area contributed by atoms with E-state index in [4.69, 9.17) is 0 Å². The van der Waals surface area contributed by atoms with Crippen LogP contribution in [0.5, 0.6) is 0 Å².